The molecular weight excluding hydrogens is 270 g/mol. The van der Waals surface area contributed by atoms with Crippen molar-refractivity contribution < 1.29 is 4.79 Å². The monoisotopic (exact) mass is 289 g/mol. The molecule has 3 N–H and O–H groups in total. The van der Waals surface area contributed by atoms with Gasteiger partial charge in [-0.2, -0.15) is 0 Å². The van der Waals surface area contributed by atoms with Crippen LogP contribution in [-0.4, -0.2) is 16.9 Å². The van der Waals surface area contributed by atoms with Gasteiger partial charge in [0.15, 0.2) is 0 Å². The topological polar surface area (TPSA) is 68.0 Å². The smallest absolute Gasteiger partial charge is 0.225 e. The van der Waals surface area contributed by atoms with E-state index < -0.39 is 0 Å². The van der Waals surface area contributed by atoms with Crippen molar-refractivity contribution in [2.75, 3.05) is 5.32 Å². The zero-order valence-corrected chi connectivity index (χ0v) is 12.5. The molecule has 1 amide bonds. The van der Waals surface area contributed by atoms with Gasteiger partial charge in [-0.25, -0.2) is 4.98 Å². The van der Waals surface area contributed by atoms with Gasteiger partial charge in [0.2, 0.25) is 5.91 Å². The first kappa shape index (κ1) is 14.7. The number of nitrogens with two attached hydrogens (primary N) is 1. The van der Waals surface area contributed by atoms with Crippen LogP contribution in [0.4, 0.5) is 5.69 Å². The summed E-state index contributed by atoms with van der Waals surface area (Å²) in [7, 11) is 0. The number of anilines is 1. The first-order chi connectivity index (χ1) is 9.56. The van der Waals surface area contributed by atoms with Crippen LogP contribution in [0.15, 0.2) is 35.8 Å². The van der Waals surface area contributed by atoms with E-state index in [1.807, 2.05) is 43.5 Å². The summed E-state index contributed by atoms with van der Waals surface area (Å²) in [5, 5.41) is 5.78. The highest BCUT2D eigenvalue weighted by molar-refractivity contribution is 7.13. The fourth-order valence-corrected chi connectivity index (χ4v) is 2.37. The summed E-state index contributed by atoms with van der Waals surface area (Å²) in [5.74, 6) is 0.251. The van der Waals surface area contributed by atoms with Crippen LogP contribution in [0, 0.1) is 5.92 Å². The highest BCUT2D eigenvalue weighted by Crippen LogP contribution is 2.23. The van der Waals surface area contributed by atoms with Gasteiger partial charge in [0.05, 0.1) is 0 Å². The Kier molecular flexibility index (Phi) is 4.87. The Morgan fingerprint density at radius 3 is 2.60 bits per heavy atom. The van der Waals surface area contributed by atoms with Crippen LogP contribution < -0.4 is 11.1 Å². The number of hydrogen-bond donors (Lipinski definition) is 2. The molecule has 0 spiro atoms. The van der Waals surface area contributed by atoms with E-state index in [0.29, 0.717) is 12.3 Å². The third-order valence-electron chi connectivity index (χ3n) is 3.13. The standard InChI is InChI=1S/C15H19N3OS/c1-10(2)13(16)9-14(19)18-12-5-3-11(4-6-12)15-17-7-8-20-15/h3-8,10,13H,9,16H2,1-2H3,(H,18,19). The number of carbonyl (C=O) groups is 1. The normalized spacial score (nSPS) is 12.4. The molecule has 0 saturated heterocycles. The highest BCUT2D eigenvalue weighted by atomic mass is 32.1. The molecule has 1 atom stereocenters. The molecule has 106 valence electrons. The molecule has 0 saturated carbocycles. The van der Waals surface area contributed by atoms with Crippen LogP contribution in [0.5, 0.6) is 0 Å². The Hall–Kier alpha value is -1.72. The minimum absolute atomic E-state index is 0.0480. The molecule has 0 fully saturated rings. The second-order valence-corrected chi connectivity index (χ2v) is 5.97. The van der Waals surface area contributed by atoms with Crippen molar-refractivity contribution in [2.45, 2.75) is 26.3 Å². The van der Waals surface area contributed by atoms with Gasteiger partial charge in [0.25, 0.3) is 0 Å². The predicted molar refractivity (Wildman–Crippen MR) is 83.6 cm³/mol. The molecule has 1 heterocycles. The number of amides is 1. The number of nitrogens with one attached hydrogen (secondary N) is 1. The van der Waals surface area contributed by atoms with Crippen molar-refractivity contribution >= 4 is 22.9 Å². The molecule has 0 aliphatic rings. The molecule has 0 radical (unpaired) electrons. The van der Waals surface area contributed by atoms with E-state index in [-0.39, 0.29) is 11.9 Å². The zero-order chi connectivity index (χ0) is 14.5. The Balaban J connectivity index is 1.95. The third-order valence-corrected chi connectivity index (χ3v) is 3.95. The van der Waals surface area contributed by atoms with Crippen molar-refractivity contribution in [3.63, 3.8) is 0 Å². The number of aromatic nitrogens is 1. The maximum Gasteiger partial charge on any atom is 0.225 e. The van der Waals surface area contributed by atoms with Gasteiger partial charge in [-0.1, -0.05) is 13.8 Å². The van der Waals surface area contributed by atoms with Crippen LogP contribution >= 0.6 is 11.3 Å². The molecule has 0 bridgehead atoms. The largest absolute Gasteiger partial charge is 0.327 e. The number of rotatable bonds is 5. The van der Waals surface area contributed by atoms with Crippen molar-refractivity contribution in [1.82, 2.24) is 4.98 Å². The summed E-state index contributed by atoms with van der Waals surface area (Å²) in [6, 6.07) is 7.57. The summed E-state index contributed by atoms with van der Waals surface area (Å²) in [6.07, 6.45) is 2.12. The average molecular weight is 289 g/mol. The van der Waals surface area contributed by atoms with Crippen LogP contribution in [0.25, 0.3) is 10.6 Å². The van der Waals surface area contributed by atoms with E-state index in [9.17, 15) is 4.79 Å². The number of benzene rings is 1. The van der Waals surface area contributed by atoms with Crippen LogP contribution in [0.1, 0.15) is 20.3 Å². The van der Waals surface area contributed by atoms with E-state index in [0.717, 1.165) is 16.3 Å². The Labute approximate surface area is 123 Å². The minimum Gasteiger partial charge on any atom is -0.327 e. The van der Waals surface area contributed by atoms with Gasteiger partial charge >= 0.3 is 0 Å². The van der Waals surface area contributed by atoms with Crippen molar-refractivity contribution in [3.05, 3.63) is 35.8 Å². The van der Waals surface area contributed by atoms with Gasteiger partial charge in [0, 0.05) is 35.3 Å². The van der Waals surface area contributed by atoms with Crippen LogP contribution in [0.2, 0.25) is 0 Å². The maximum absolute atomic E-state index is 11.8. The lowest BCUT2D eigenvalue weighted by atomic mass is 10.0. The van der Waals surface area contributed by atoms with Gasteiger partial charge in [-0.15, -0.1) is 11.3 Å². The van der Waals surface area contributed by atoms with E-state index in [2.05, 4.69) is 10.3 Å². The summed E-state index contributed by atoms with van der Waals surface area (Å²) in [6.45, 7) is 4.03. The van der Waals surface area contributed by atoms with E-state index >= 15 is 0 Å². The predicted octanol–water partition coefficient (Wildman–Crippen LogP) is 3.12. The van der Waals surface area contributed by atoms with Gasteiger partial charge < -0.3 is 11.1 Å². The van der Waals surface area contributed by atoms with Gasteiger partial charge in [0.1, 0.15) is 5.01 Å². The molecule has 1 aromatic heterocycles. The molecule has 4 nitrogen and oxygen atoms in total. The summed E-state index contributed by atoms with van der Waals surface area (Å²) in [4.78, 5) is 16.1. The number of thiazole rings is 1. The first-order valence-electron chi connectivity index (χ1n) is 6.61. The third kappa shape index (κ3) is 3.88. The molecule has 5 heteroatoms. The molecule has 0 aliphatic heterocycles. The second kappa shape index (κ2) is 6.63. The molecule has 1 unspecified atom stereocenters. The molecule has 2 rings (SSSR count). The number of hydrogen-bond acceptors (Lipinski definition) is 4. The number of nitrogens with zero attached hydrogens (tertiary/aromatic N) is 1. The van der Waals surface area contributed by atoms with Crippen molar-refractivity contribution in [3.8, 4) is 10.6 Å². The Bertz CT molecular complexity index is 549. The Morgan fingerprint density at radius 2 is 2.05 bits per heavy atom. The molecule has 20 heavy (non-hydrogen) atoms. The lowest BCUT2D eigenvalue weighted by molar-refractivity contribution is -0.116. The molecular formula is C15H19N3OS. The quantitative estimate of drug-likeness (QED) is 0.888. The van der Waals surface area contributed by atoms with Crippen LogP contribution in [0.3, 0.4) is 0 Å². The number of carbonyl (C=O) groups excluding carboxylic acids is 1. The Morgan fingerprint density at radius 1 is 1.35 bits per heavy atom. The highest BCUT2D eigenvalue weighted by Gasteiger charge is 2.13. The lowest BCUT2D eigenvalue weighted by Crippen LogP contribution is -2.31. The molecule has 2 aromatic rings. The SMILES string of the molecule is CC(C)C(N)CC(=O)Nc1ccc(-c2nccs2)cc1. The summed E-state index contributed by atoms with van der Waals surface area (Å²) < 4.78 is 0. The lowest BCUT2D eigenvalue weighted by Gasteiger charge is -2.15. The first-order valence-corrected chi connectivity index (χ1v) is 7.49. The van der Waals surface area contributed by atoms with E-state index in [4.69, 9.17) is 5.73 Å². The van der Waals surface area contributed by atoms with Gasteiger partial charge in [-0.3, -0.25) is 4.79 Å². The van der Waals surface area contributed by atoms with Crippen molar-refractivity contribution in [1.29, 1.82) is 0 Å². The van der Waals surface area contributed by atoms with Gasteiger partial charge in [-0.05, 0) is 30.2 Å². The molecule has 0 aliphatic carbocycles. The van der Waals surface area contributed by atoms with Crippen LogP contribution in [-0.2, 0) is 4.79 Å². The summed E-state index contributed by atoms with van der Waals surface area (Å²) in [5.41, 5.74) is 7.73. The van der Waals surface area contributed by atoms with E-state index in [1.54, 1.807) is 17.5 Å². The van der Waals surface area contributed by atoms with Crippen molar-refractivity contribution in [2.24, 2.45) is 11.7 Å². The molecule has 1 aromatic carbocycles. The van der Waals surface area contributed by atoms with E-state index in [1.165, 1.54) is 0 Å². The average Bonchev–Trinajstić information content (AvgIpc) is 2.93. The second-order valence-electron chi connectivity index (χ2n) is 5.07. The zero-order valence-electron chi connectivity index (χ0n) is 11.7. The maximum atomic E-state index is 11.8. The fraction of sp³-hybridized carbons (Fsp3) is 0.333. The fourth-order valence-electron chi connectivity index (χ4n) is 1.72. The summed E-state index contributed by atoms with van der Waals surface area (Å²) >= 11 is 1.59. The minimum atomic E-state index is -0.107.